The van der Waals surface area contributed by atoms with Gasteiger partial charge >= 0.3 is 0 Å². The number of anilines is 1. The van der Waals surface area contributed by atoms with Gasteiger partial charge in [0, 0.05) is 14.8 Å². The van der Waals surface area contributed by atoms with Crippen molar-refractivity contribution < 1.29 is 0 Å². The van der Waals surface area contributed by atoms with E-state index in [1.54, 1.807) is 16.7 Å². The van der Waals surface area contributed by atoms with E-state index in [-0.39, 0.29) is 12.1 Å². The summed E-state index contributed by atoms with van der Waals surface area (Å²) in [6, 6.07) is 22.5. The van der Waals surface area contributed by atoms with Gasteiger partial charge in [0.05, 0.1) is 29.2 Å². The van der Waals surface area contributed by atoms with Crippen molar-refractivity contribution in [2.45, 2.75) is 6.54 Å². The van der Waals surface area contributed by atoms with Crippen molar-refractivity contribution >= 4 is 39.3 Å². The van der Waals surface area contributed by atoms with Crippen LogP contribution in [-0.2, 0) is 6.54 Å². The van der Waals surface area contributed by atoms with Gasteiger partial charge in [0.15, 0.2) is 0 Å². The summed E-state index contributed by atoms with van der Waals surface area (Å²) in [5.41, 5.74) is 10.1. The second-order valence-electron chi connectivity index (χ2n) is 6.34. The molecule has 0 saturated carbocycles. The van der Waals surface area contributed by atoms with Crippen LogP contribution in [0.5, 0.6) is 0 Å². The summed E-state index contributed by atoms with van der Waals surface area (Å²) in [5, 5.41) is 9.41. The van der Waals surface area contributed by atoms with Crippen molar-refractivity contribution in [3.63, 3.8) is 0 Å². The first-order chi connectivity index (χ1) is 13.6. The average Bonchev–Trinajstić information content (AvgIpc) is 2.72. The topological polar surface area (TPSA) is 84.7 Å². The number of nitrogens with zero attached hydrogens (tertiary/aromatic N) is 3. The van der Waals surface area contributed by atoms with Gasteiger partial charge in [-0.3, -0.25) is 4.79 Å². The summed E-state index contributed by atoms with van der Waals surface area (Å²) < 4.78 is 2.63. The quantitative estimate of drug-likeness (QED) is 0.354. The predicted molar refractivity (Wildman–Crippen MR) is 119 cm³/mol. The average molecular weight is 478 g/mol. The summed E-state index contributed by atoms with van der Waals surface area (Å²) in [6.07, 6.45) is 0. The fraction of sp³-hybridized carbons (Fsp3) is 0.0455. The van der Waals surface area contributed by atoms with Gasteiger partial charge in [-0.05, 0) is 64.6 Å². The molecule has 0 spiro atoms. The zero-order valence-electron chi connectivity index (χ0n) is 14.8. The first kappa shape index (κ1) is 18.2. The van der Waals surface area contributed by atoms with E-state index in [0.29, 0.717) is 33.5 Å². The van der Waals surface area contributed by atoms with Crippen LogP contribution in [-0.4, -0.2) is 9.55 Å². The zero-order valence-corrected chi connectivity index (χ0v) is 16.9. The normalized spacial score (nSPS) is 10.7. The van der Waals surface area contributed by atoms with Crippen LogP contribution in [0, 0.1) is 14.9 Å². The van der Waals surface area contributed by atoms with Crippen LogP contribution in [0.1, 0.15) is 11.1 Å². The van der Waals surface area contributed by atoms with E-state index in [4.69, 9.17) is 5.73 Å². The molecule has 1 heterocycles. The highest BCUT2D eigenvalue weighted by atomic mass is 127. The number of para-hydroxylation sites is 2. The lowest BCUT2D eigenvalue weighted by atomic mass is 10.1. The third kappa shape index (κ3) is 3.25. The molecule has 0 saturated heterocycles. The van der Waals surface area contributed by atoms with Gasteiger partial charge in [-0.15, -0.1) is 0 Å². The van der Waals surface area contributed by atoms with Crippen LogP contribution in [0.25, 0.3) is 22.3 Å². The van der Waals surface area contributed by atoms with Crippen molar-refractivity contribution in [3.05, 3.63) is 91.8 Å². The molecule has 4 rings (SSSR count). The number of rotatable bonds is 3. The molecule has 28 heavy (non-hydrogen) atoms. The summed E-state index contributed by atoms with van der Waals surface area (Å²) in [7, 11) is 0. The van der Waals surface area contributed by atoms with E-state index in [0.717, 1.165) is 9.13 Å². The van der Waals surface area contributed by atoms with Gasteiger partial charge in [0.2, 0.25) is 0 Å². The van der Waals surface area contributed by atoms with Crippen molar-refractivity contribution in [3.8, 4) is 17.3 Å². The fourth-order valence-electron chi connectivity index (χ4n) is 3.20. The highest BCUT2D eigenvalue weighted by Crippen LogP contribution is 2.26. The standard InChI is InChI=1S/C22H15IN4O/c23-16-9-10-18(25)17(11-16)21-22(28)27(20-8-4-3-7-19(20)26-21)13-15-6-2-1-5-14(15)12-24/h1-11H,13,25H2. The van der Waals surface area contributed by atoms with Gasteiger partial charge in [-0.2, -0.15) is 5.26 Å². The molecule has 0 fully saturated rings. The number of hydrogen-bond donors (Lipinski definition) is 1. The molecule has 0 atom stereocenters. The lowest BCUT2D eigenvalue weighted by Gasteiger charge is -2.14. The maximum Gasteiger partial charge on any atom is 0.277 e. The smallest absolute Gasteiger partial charge is 0.277 e. The van der Waals surface area contributed by atoms with Crippen molar-refractivity contribution in [2.75, 3.05) is 5.73 Å². The van der Waals surface area contributed by atoms with Gasteiger partial charge in [0.1, 0.15) is 5.69 Å². The van der Waals surface area contributed by atoms with Gasteiger partial charge in [-0.1, -0.05) is 30.3 Å². The molecule has 0 radical (unpaired) electrons. The van der Waals surface area contributed by atoms with E-state index in [2.05, 4.69) is 33.6 Å². The molecule has 0 amide bonds. The Morgan fingerprint density at radius 2 is 1.82 bits per heavy atom. The van der Waals surface area contributed by atoms with Gasteiger partial charge in [0.25, 0.3) is 5.56 Å². The van der Waals surface area contributed by atoms with Crippen LogP contribution >= 0.6 is 22.6 Å². The molecule has 3 aromatic carbocycles. The van der Waals surface area contributed by atoms with E-state index in [9.17, 15) is 10.1 Å². The van der Waals surface area contributed by atoms with Crippen molar-refractivity contribution in [1.29, 1.82) is 5.26 Å². The molecule has 136 valence electrons. The van der Waals surface area contributed by atoms with Crippen LogP contribution in [0.4, 0.5) is 5.69 Å². The molecule has 0 unspecified atom stereocenters. The third-order valence-electron chi connectivity index (χ3n) is 4.59. The highest BCUT2D eigenvalue weighted by molar-refractivity contribution is 14.1. The van der Waals surface area contributed by atoms with Crippen molar-refractivity contribution in [2.24, 2.45) is 0 Å². The summed E-state index contributed by atoms with van der Waals surface area (Å²) in [5.74, 6) is 0. The minimum Gasteiger partial charge on any atom is -0.398 e. The molecule has 5 nitrogen and oxygen atoms in total. The Balaban J connectivity index is 2.00. The third-order valence-corrected chi connectivity index (χ3v) is 5.26. The fourth-order valence-corrected chi connectivity index (χ4v) is 3.69. The molecule has 0 aliphatic rings. The second kappa shape index (κ2) is 7.44. The van der Waals surface area contributed by atoms with Crippen LogP contribution < -0.4 is 11.3 Å². The molecular weight excluding hydrogens is 463 g/mol. The van der Waals surface area contributed by atoms with E-state index < -0.39 is 0 Å². The minimum atomic E-state index is -0.236. The number of benzene rings is 3. The first-order valence-corrected chi connectivity index (χ1v) is 9.69. The largest absolute Gasteiger partial charge is 0.398 e. The molecular formula is C22H15IN4O. The number of hydrogen-bond acceptors (Lipinski definition) is 4. The number of halogens is 1. The predicted octanol–water partition coefficient (Wildman–Crippen LogP) is 4.17. The Morgan fingerprint density at radius 1 is 1.07 bits per heavy atom. The lowest BCUT2D eigenvalue weighted by molar-refractivity contribution is 0.788. The van der Waals surface area contributed by atoms with Crippen LogP contribution in [0.3, 0.4) is 0 Å². The molecule has 0 aliphatic heterocycles. The lowest BCUT2D eigenvalue weighted by Crippen LogP contribution is -2.25. The first-order valence-electron chi connectivity index (χ1n) is 8.61. The van der Waals surface area contributed by atoms with Crippen LogP contribution in [0.2, 0.25) is 0 Å². The minimum absolute atomic E-state index is 0.236. The molecule has 1 aromatic heterocycles. The number of nitrogen functional groups attached to an aromatic ring is 1. The van der Waals surface area contributed by atoms with E-state index in [1.165, 1.54) is 0 Å². The molecule has 4 aromatic rings. The Morgan fingerprint density at radius 3 is 2.64 bits per heavy atom. The monoisotopic (exact) mass is 478 g/mol. The maximum atomic E-state index is 13.4. The molecule has 2 N–H and O–H groups in total. The Hall–Kier alpha value is -3.18. The summed E-state index contributed by atoms with van der Waals surface area (Å²) in [4.78, 5) is 18.0. The van der Waals surface area contributed by atoms with E-state index >= 15 is 0 Å². The maximum absolute atomic E-state index is 13.4. The van der Waals surface area contributed by atoms with Gasteiger partial charge in [-0.25, -0.2) is 4.98 Å². The number of nitrogens with two attached hydrogens (primary N) is 1. The SMILES string of the molecule is N#Cc1ccccc1Cn1c(=O)c(-c2cc(I)ccc2N)nc2ccccc21. The summed E-state index contributed by atoms with van der Waals surface area (Å²) >= 11 is 2.19. The number of aromatic nitrogens is 2. The summed E-state index contributed by atoms with van der Waals surface area (Å²) in [6.45, 7) is 0.280. The highest BCUT2D eigenvalue weighted by Gasteiger charge is 2.16. The Labute approximate surface area is 175 Å². The van der Waals surface area contributed by atoms with Gasteiger partial charge < -0.3 is 10.3 Å². The molecule has 6 heteroatoms. The second-order valence-corrected chi connectivity index (χ2v) is 7.59. The number of nitriles is 1. The Kier molecular flexibility index (Phi) is 4.84. The Bertz CT molecular complexity index is 1300. The number of fused-ring (bicyclic) bond motifs is 1. The zero-order chi connectivity index (χ0) is 19.7. The molecule has 0 aliphatic carbocycles. The van der Waals surface area contributed by atoms with E-state index in [1.807, 2.05) is 54.6 Å². The molecule has 0 bridgehead atoms. The van der Waals surface area contributed by atoms with Crippen LogP contribution in [0.15, 0.2) is 71.5 Å². The van der Waals surface area contributed by atoms with Crippen molar-refractivity contribution in [1.82, 2.24) is 9.55 Å².